The molecule has 0 unspecified atom stereocenters. The molecular weight excluding hydrogens is 384 g/mol. The van der Waals surface area contributed by atoms with Crippen molar-refractivity contribution in [2.75, 3.05) is 6.61 Å². The van der Waals surface area contributed by atoms with Crippen LogP contribution in [0.3, 0.4) is 0 Å². The van der Waals surface area contributed by atoms with E-state index in [1.807, 2.05) is 30.7 Å². The summed E-state index contributed by atoms with van der Waals surface area (Å²) < 4.78 is 13.9. The maximum absolute atomic E-state index is 12.7. The maximum Gasteiger partial charge on any atom is 0.338 e. The SMILES string of the molecule is Cc1cc(-n2c(C)cc(C(=O)COC(=O)c3ccc(-n4cccn4)cc3)c2C)no1. The number of carbonyl (C=O) groups excluding carboxylic acids is 2. The third kappa shape index (κ3) is 3.67. The maximum atomic E-state index is 12.7. The van der Waals surface area contributed by atoms with E-state index >= 15 is 0 Å². The van der Waals surface area contributed by atoms with Crippen LogP contribution in [0.2, 0.25) is 0 Å². The molecule has 0 aliphatic heterocycles. The van der Waals surface area contributed by atoms with Crippen molar-refractivity contribution in [3.05, 3.63) is 83.1 Å². The van der Waals surface area contributed by atoms with Crippen LogP contribution in [0.1, 0.15) is 37.9 Å². The van der Waals surface area contributed by atoms with E-state index in [-0.39, 0.29) is 12.4 Å². The lowest BCUT2D eigenvalue weighted by atomic mass is 10.1. The first-order valence-corrected chi connectivity index (χ1v) is 9.37. The van der Waals surface area contributed by atoms with Crippen LogP contribution in [-0.2, 0) is 4.74 Å². The highest BCUT2D eigenvalue weighted by atomic mass is 16.5. The van der Waals surface area contributed by atoms with Crippen LogP contribution in [0, 0.1) is 20.8 Å². The summed E-state index contributed by atoms with van der Waals surface area (Å²) in [7, 11) is 0. The van der Waals surface area contributed by atoms with Crippen molar-refractivity contribution in [2.24, 2.45) is 0 Å². The summed E-state index contributed by atoms with van der Waals surface area (Å²) in [5, 5.41) is 8.14. The second-order valence-corrected chi connectivity index (χ2v) is 6.91. The summed E-state index contributed by atoms with van der Waals surface area (Å²) >= 11 is 0. The highest BCUT2D eigenvalue weighted by molar-refractivity contribution is 6.00. The van der Waals surface area contributed by atoms with Crippen molar-refractivity contribution in [3.63, 3.8) is 0 Å². The van der Waals surface area contributed by atoms with Gasteiger partial charge in [0.05, 0.1) is 11.3 Å². The minimum Gasteiger partial charge on any atom is -0.454 e. The number of benzene rings is 1. The molecular formula is C22H20N4O4. The quantitative estimate of drug-likeness (QED) is 0.360. The van der Waals surface area contributed by atoms with Crippen LogP contribution >= 0.6 is 0 Å². The van der Waals surface area contributed by atoms with E-state index in [1.54, 1.807) is 54.2 Å². The Morgan fingerprint density at radius 1 is 1.10 bits per heavy atom. The van der Waals surface area contributed by atoms with Crippen molar-refractivity contribution in [1.82, 2.24) is 19.5 Å². The van der Waals surface area contributed by atoms with Crippen molar-refractivity contribution >= 4 is 11.8 Å². The van der Waals surface area contributed by atoms with E-state index in [1.165, 1.54) is 0 Å². The van der Waals surface area contributed by atoms with Crippen LogP contribution in [0.25, 0.3) is 11.5 Å². The monoisotopic (exact) mass is 404 g/mol. The lowest BCUT2D eigenvalue weighted by molar-refractivity contribution is 0.0474. The first-order chi connectivity index (χ1) is 14.4. The molecule has 0 N–H and O–H groups in total. The molecule has 0 saturated heterocycles. The van der Waals surface area contributed by atoms with Crippen molar-refractivity contribution < 1.29 is 18.8 Å². The van der Waals surface area contributed by atoms with Gasteiger partial charge in [-0.05, 0) is 57.2 Å². The Morgan fingerprint density at radius 2 is 1.87 bits per heavy atom. The number of aromatic nitrogens is 4. The Labute approximate surface area is 172 Å². The molecule has 0 fully saturated rings. The van der Waals surface area contributed by atoms with Crippen molar-refractivity contribution in [3.8, 4) is 11.5 Å². The van der Waals surface area contributed by atoms with Crippen molar-refractivity contribution in [1.29, 1.82) is 0 Å². The molecule has 1 aromatic carbocycles. The minimum atomic E-state index is -0.559. The topological polar surface area (TPSA) is 92.2 Å². The van der Waals surface area contributed by atoms with E-state index in [2.05, 4.69) is 10.3 Å². The van der Waals surface area contributed by atoms with Gasteiger partial charge in [-0.1, -0.05) is 5.16 Å². The Hall–Kier alpha value is -3.94. The van der Waals surface area contributed by atoms with Crippen LogP contribution in [-0.4, -0.2) is 37.9 Å². The number of rotatable bonds is 6. The average Bonchev–Trinajstić information content (AvgIpc) is 3.47. The Morgan fingerprint density at radius 3 is 2.50 bits per heavy atom. The van der Waals surface area contributed by atoms with Gasteiger partial charge >= 0.3 is 5.97 Å². The van der Waals surface area contributed by atoms with Crippen LogP contribution in [0.5, 0.6) is 0 Å². The Balaban J connectivity index is 1.44. The molecule has 0 saturated carbocycles. The van der Waals surface area contributed by atoms with Crippen LogP contribution in [0.4, 0.5) is 0 Å². The Kier molecular flexibility index (Phi) is 5.05. The molecule has 3 aromatic heterocycles. The predicted molar refractivity (Wildman–Crippen MR) is 108 cm³/mol. The fraction of sp³-hybridized carbons (Fsp3) is 0.182. The molecule has 0 amide bonds. The zero-order chi connectivity index (χ0) is 21.3. The summed E-state index contributed by atoms with van der Waals surface area (Å²) in [6, 6.07) is 12.2. The largest absolute Gasteiger partial charge is 0.454 e. The molecule has 30 heavy (non-hydrogen) atoms. The molecule has 152 valence electrons. The molecule has 8 nitrogen and oxygen atoms in total. The van der Waals surface area contributed by atoms with Gasteiger partial charge in [0.15, 0.2) is 12.4 Å². The third-order valence-corrected chi connectivity index (χ3v) is 4.78. The number of aryl methyl sites for hydroxylation is 2. The standard InChI is InChI=1S/C22H20N4O4/c1-14-11-19(16(3)26(14)21-12-15(2)30-24-21)20(27)13-29-22(28)17-5-7-18(8-6-17)25-10-4-9-23-25/h4-12H,13H2,1-3H3. The number of hydrogen-bond acceptors (Lipinski definition) is 6. The van der Waals surface area contributed by atoms with Gasteiger partial charge < -0.3 is 9.26 Å². The predicted octanol–water partition coefficient (Wildman–Crippen LogP) is 3.62. The van der Waals surface area contributed by atoms with E-state index in [9.17, 15) is 9.59 Å². The number of esters is 1. The molecule has 4 rings (SSSR count). The second-order valence-electron chi connectivity index (χ2n) is 6.91. The summed E-state index contributed by atoms with van der Waals surface area (Å²) in [6.07, 6.45) is 3.48. The van der Waals surface area contributed by atoms with E-state index in [4.69, 9.17) is 9.26 Å². The van der Waals surface area contributed by atoms with Gasteiger partial charge in [-0.3, -0.25) is 9.36 Å². The lowest BCUT2D eigenvalue weighted by Gasteiger charge is -2.07. The number of carbonyl (C=O) groups is 2. The molecule has 0 aliphatic rings. The highest BCUT2D eigenvalue weighted by Crippen LogP contribution is 2.21. The molecule has 0 aliphatic carbocycles. The van der Waals surface area contributed by atoms with Crippen LogP contribution in [0.15, 0.2) is 59.4 Å². The molecule has 0 bridgehead atoms. The average molecular weight is 404 g/mol. The zero-order valence-electron chi connectivity index (χ0n) is 16.8. The normalized spacial score (nSPS) is 10.9. The molecule has 3 heterocycles. The summed E-state index contributed by atoms with van der Waals surface area (Å²) in [6.45, 7) is 5.15. The third-order valence-electron chi connectivity index (χ3n) is 4.78. The van der Waals surface area contributed by atoms with Crippen molar-refractivity contribution in [2.45, 2.75) is 20.8 Å². The number of hydrogen-bond donors (Lipinski definition) is 0. The molecule has 4 aromatic rings. The van der Waals surface area contributed by atoms with Crippen LogP contribution < -0.4 is 0 Å². The molecule has 0 spiro atoms. The molecule has 0 radical (unpaired) electrons. The lowest BCUT2D eigenvalue weighted by Crippen LogP contribution is -2.15. The summed E-state index contributed by atoms with van der Waals surface area (Å²) in [4.78, 5) is 25.0. The van der Waals surface area contributed by atoms with E-state index < -0.39 is 5.97 Å². The van der Waals surface area contributed by atoms with E-state index in [0.717, 1.165) is 11.4 Å². The fourth-order valence-electron chi connectivity index (χ4n) is 3.32. The number of nitrogens with zero attached hydrogens (tertiary/aromatic N) is 4. The molecule has 0 atom stereocenters. The van der Waals surface area contributed by atoms with E-state index in [0.29, 0.717) is 28.4 Å². The first kappa shape index (κ1) is 19.4. The smallest absolute Gasteiger partial charge is 0.338 e. The van der Waals surface area contributed by atoms with Gasteiger partial charge in [0.2, 0.25) is 5.78 Å². The summed E-state index contributed by atoms with van der Waals surface area (Å²) in [5.41, 5.74) is 3.22. The molecule has 8 heteroatoms. The van der Waals surface area contributed by atoms with Gasteiger partial charge in [0.25, 0.3) is 0 Å². The zero-order valence-corrected chi connectivity index (χ0v) is 16.8. The van der Waals surface area contributed by atoms with Gasteiger partial charge in [-0.2, -0.15) is 5.10 Å². The van der Waals surface area contributed by atoms with Gasteiger partial charge in [-0.25, -0.2) is 9.48 Å². The highest BCUT2D eigenvalue weighted by Gasteiger charge is 2.20. The number of ether oxygens (including phenoxy) is 1. The summed E-state index contributed by atoms with van der Waals surface area (Å²) in [5.74, 6) is 0.445. The Bertz CT molecular complexity index is 1200. The number of ketones is 1. The number of Topliss-reactive ketones (excluding diaryl/α,β-unsaturated/α-hetero) is 1. The minimum absolute atomic E-state index is 0.281. The van der Waals surface area contributed by atoms with Gasteiger partial charge in [0.1, 0.15) is 5.76 Å². The second kappa shape index (κ2) is 7.82. The fourth-order valence-corrected chi connectivity index (χ4v) is 3.32. The van der Waals surface area contributed by atoms with Gasteiger partial charge in [-0.15, -0.1) is 0 Å². The van der Waals surface area contributed by atoms with Gasteiger partial charge in [0, 0.05) is 35.4 Å². The first-order valence-electron chi connectivity index (χ1n) is 9.37.